The van der Waals surface area contributed by atoms with Crippen molar-refractivity contribution in [2.24, 2.45) is 0 Å². The van der Waals surface area contributed by atoms with Gasteiger partial charge in [-0.25, -0.2) is 13.1 Å². The summed E-state index contributed by atoms with van der Waals surface area (Å²) in [5.41, 5.74) is 0.712. The van der Waals surface area contributed by atoms with Crippen molar-refractivity contribution in [3.8, 4) is 0 Å². The number of sulfonamides is 1. The molecule has 5 nitrogen and oxygen atoms in total. The van der Waals surface area contributed by atoms with Crippen LogP contribution < -0.4 is 9.62 Å². The molecular weight excluding hydrogens is 288 g/mol. The number of hydrogen-bond donors (Lipinski definition) is 2. The van der Waals surface area contributed by atoms with Gasteiger partial charge < -0.3 is 10.0 Å². The fraction of sp³-hybridized carbons (Fsp3) is 0.600. The van der Waals surface area contributed by atoms with Gasteiger partial charge >= 0.3 is 0 Å². The minimum atomic E-state index is -3.48. The van der Waals surface area contributed by atoms with Crippen LogP contribution in [0.2, 0.25) is 0 Å². The fourth-order valence-electron chi connectivity index (χ4n) is 2.91. The summed E-state index contributed by atoms with van der Waals surface area (Å²) in [5.74, 6) is 0. The van der Waals surface area contributed by atoms with Crippen LogP contribution in [0.3, 0.4) is 0 Å². The molecule has 0 bridgehead atoms. The lowest BCUT2D eigenvalue weighted by molar-refractivity contribution is 0.239. The van der Waals surface area contributed by atoms with E-state index in [2.05, 4.69) is 4.72 Å². The highest BCUT2D eigenvalue weighted by Gasteiger charge is 2.32. The largest absolute Gasteiger partial charge is 0.394 e. The van der Waals surface area contributed by atoms with E-state index < -0.39 is 10.0 Å². The number of hydrogen-bond acceptors (Lipinski definition) is 4. The average molecular weight is 310 g/mol. The molecule has 2 aliphatic rings. The molecule has 1 heterocycles. The Bertz CT molecular complexity index is 599. The molecule has 0 radical (unpaired) electrons. The van der Waals surface area contributed by atoms with Crippen LogP contribution >= 0.6 is 0 Å². The number of piperidine rings is 1. The summed E-state index contributed by atoms with van der Waals surface area (Å²) in [5, 5.41) is 9.57. The smallest absolute Gasteiger partial charge is 0.242 e. The maximum absolute atomic E-state index is 12.5. The molecule has 1 saturated heterocycles. The Labute approximate surface area is 126 Å². The maximum atomic E-state index is 12.5. The first-order valence-electron chi connectivity index (χ1n) is 7.60. The van der Waals surface area contributed by atoms with Gasteiger partial charge in [0.1, 0.15) is 4.90 Å². The van der Waals surface area contributed by atoms with Crippen LogP contribution in [-0.2, 0) is 10.0 Å². The Hall–Kier alpha value is -1.11. The first-order chi connectivity index (χ1) is 10.1. The highest BCUT2D eigenvalue weighted by molar-refractivity contribution is 7.89. The van der Waals surface area contributed by atoms with Crippen molar-refractivity contribution in [1.82, 2.24) is 4.72 Å². The summed E-state index contributed by atoms with van der Waals surface area (Å²) in [6, 6.07) is 7.21. The quantitative estimate of drug-likeness (QED) is 0.864. The van der Waals surface area contributed by atoms with E-state index in [0.29, 0.717) is 10.6 Å². The molecule has 0 aromatic heterocycles. The summed E-state index contributed by atoms with van der Waals surface area (Å²) in [6.07, 6.45) is 4.85. The molecule has 2 N–H and O–H groups in total. The molecule has 1 saturated carbocycles. The van der Waals surface area contributed by atoms with Crippen LogP contribution in [0.25, 0.3) is 0 Å². The molecule has 116 valence electrons. The third-order valence-corrected chi connectivity index (χ3v) is 5.77. The van der Waals surface area contributed by atoms with Gasteiger partial charge in [-0.15, -0.1) is 0 Å². The number of nitrogens with zero attached hydrogens (tertiary/aromatic N) is 1. The monoisotopic (exact) mass is 310 g/mol. The third kappa shape index (κ3) is 3.22. The lowest BCUT2D eigenvalue weighted by Gasteiger charge is -2.37. The number of anilines is 1. The number of aliphatic hydroxyl groups excluding tert-OH is 1. The summed E-state index contributed by atoms with van der Waals surface area (Å²) in [4.78, 5) is 2.38. The van der Waals surface area contributed by atoms with Crippen LogP contribution in [0.1, 0.15) is 32.1 Å². The predicted molar refractivity (Wildman–Crippen MR) is 81.9 cm³/mol. The summed E-state index contributed by atoms with van der Waals surface area (Å²) >= 11 is 0. The summed E-state index contributed by atoms with van der Waals surface area (Å²) in [6.45, 7) is 0.853. The number of nitrogens with one attached hydrogen (secondary N) is 1. The normalized spacial score (nSPS) is 23.3. The molecule has 0 spiro atoms. The Morgan fingerprint density at radius 2 is 1.95 bits per heavy atom. The van der Waals surface area contributed by atoms with Crippen LogP contribution in [0.5, 0.6) is 0 Å². The molecule has 1 aromatic rings. The van der Waals surface area contributed by atoms with E-state index in [-0.39, 0.29) is 18.7 Å². The lowest BCUT2D eigenvalue weighted by Crippen LogP contribution is -2.43. The maximum Gasteiger partial charge on any atom is 0.242 e. The number of aliphatic hydroxyl groups is 1. The highest BCUT2D eigenvalue weighted by Crippen LogP contribution is 2.32. The highest BCUT2D eigenvalue weighted by atomic mass is 32.2. The standard InChI is InChI=1S/C15H22N2O3S/c18-11-13-5-3-4-10-17(13)14-6-1-2-7-15(14)21(19,20)16-12-8-9-12/h1-2,6-7,12-13,16,18H,3-5,8-11H2. The lowest BCUT2D eigenvalue weighted by atomic mass is 10.0. The molecule has 1 aromatic carbocycles. The Balaban J connectivity index is 1.94. The van der Waals surface area contributed by atoms with Gasteiger partial charge in [-0.05, 0) is 44.2 Å². The number of para-hydroxylation sites is 1. The summed E-state index contributed by atoms with van der Waals surface area (Å²) in [7, 11) is -3.48. The predicted octanol–water partition coefficient (Wildman–Crippen LogP) is 1.48. The van der Waals surface area contributed by atoms with Crippen LogP contribution in [0.4, 0.5) is 5.69 Å². The van der Waals surface area contributed by atoms with E-state index >= 15 is 0 Å². The molecule has 0 amide bonds. The van der Waals surface area contributed by atoms with E-state index in [9.17, 15) is 13.5 Å². The molecule has 3 rings (SSSR count). The van der Waals surface area contributed by atoms with Crippen molar-refractivity contribution >= 4 is 15.7 Å². The molecule has 6 heteroatoms. The molecule has 21 heavy (non-hydrogen) atoms. The van der Waals surface area contributed by atoms with Crippen LogP contribution in [0, 0.1) is 0 Å². The van der Waals surface area contributed by atoms with Gasteiger partial charge in [0.05, 0.1) is 18.3 Å². The molecule has 1 aliphatic carbocycles. The zero-order valence-electron chi connectivity index (χ0n) is 12.0. The second-order valence-electron chi connectivity index (χ2n) is 5.89. The number of rotatable bonds is 5. The fourth-order valence-corrected chi connectivity index (χ4v) is 4.43. The van der Waals surface area contributed by atoms with E-state index in [4.69, 9.17) is 0 Å². The second-order valence-corrected chi connectivity index (χ2v) is 7.57. The summed E-state index contributed by atoms with van der Waals surface area (Å²) < 4.78 is 27.8. The topological polar surface area (TPSA) is 69.6 Å². The van der Waals surface area contributed by atoms with E-state index in [0.717, 1.165) is 38.6 Å². The Kier molecular flexibility index (Phi) is 4.19. The van der Waals surface area contributed by atoms with Gasteiger partial charge in [-0.1, -0.05) is 12.1 Å². The van der Waals surface area contributed by atoms with Crippen molar-refractivity contribution in [3.05, 3.63) is 24.3 Å². The van der Waals surface area contributed by atoms with Gasteiger partial charge in [0.25, 0.3) is 0 Å². The molecule has 1 unspecified atom stereocenters. The van der Waals surface area contributed by atoms with Crippen LogP contribution in [-0.4, -0.2) is 38.8 Å². The average Bonchev–Trinajstić information content (AvgIpc) is 3.30. The SMILES string of the molecule is O=S(=O)(NC1CC1)c1ccccc1N1CCCCC1CO. The van der Waals surface area contributed by atoms with Gasteiger partial charge in [0, 0.05) is 12.6 Å². The van der Waals surface area contributed by atoms with Crippen molar-refractivity contribution in [3.63, 3.8) is 0 Å². The minimum absolute atomic E-state index is 0.0102. The zero-order valence-corrected chi connectivity index (χ0v) is 12.8. The van der Waals surface area contributed by atoms with Crippen molar-refractivity contribution in [1.29, 1.82) is 0 Å². The van der Waals surface area contributed by atoms with Gasteiger partial charge in [-0.3, -0.25) is 0 Å². The van der Waals surface area contributed by atoms with E-state index in [1.54, 1.807) is 12.1 Å². The number of benzene rings is 1. The molecular formula is C15H22N2O3S. The van der Waals surface area contributed by atoms with Crippen molar-refractivity contribution < 1.29 is 13.5 Å². The first-order valence-corrected chi connectivity index (χ1v) is 9.09. The van der Waals surface area contributed by atoms with Gasteiger partial charge in [0.15, 0.2) is 0 Å². The molecule has 2 fully saturated rings. The van der Waals surface area contributed by atoms with Crippen molar-refractivity contribution in [2.45, 2.75) is 49.1 Å². The molecule has 1 atom stereocenters. The van der Waals surface area contributed by atoms with Crippen LogP contribution in [0.15, 0.2) is 29.2 Å². The van der Waals surface area contributed by atoms with Gasteiger partial charge in [-0.2, -0.15) is 0 Å². The zero-order chi connectivity index (χ0) is 14.9. The second kappa shape index (κ2) is 5.94. The minimum Gasteiger partial charge on any atom is -0.394 e. The van der Waals surface area contributed by atoms with Gasteiger partial charge in [0.2, 0.25) is 10.0 Å². The van der Waals surface area contributed by atoms with E-state index in [1.807, 2.05) is 17.0 Å². The Morgan fingerprint density at radius 1 is 1.19 bits per heavy atom. The van der Waals surface area contributed by atoms with Crippen molar-refractivity contribution in [2.75, 3.05) is 18.1 Å². The third-order valence-electron chi connectivity index (χ3n) is 4.20. The Morgan fingerprint density at radius 3 is 2.67 bits per heavy atom. The van der Waals surface area contributed by atoms with E-state index in [1.165, 1.54) is 0 Å². The molecule has 1 aliphatic heterocycles. The first kappa shape index (κ1) is 14.8.